The van der Waals surface area contributed by atoms with Crippen LogP contribution in [-0.2, 0) is 11.4 Å². The molecule has 1 atom stereocenters. The van der Waals surface area contributed by atoms with Crippen LogP contribution in [0, 0.1) is 13.8 Å². The molecule has 6 nitrogen and oxygen atoms in total. The van der Waals surface area contributed by atoms with Crippen LogP contribution >= 0.6 is 0 Å². The maximum atomic E-state index is 12.6. The monoisotopic (exact) mass is 418 g/mol. The average Bonchev–Trinajstić information content (AvgIpc) is 2.79. The van der Waals surface area contributed by atoms with Gasteiger partial charge in [0.25, 0.3) is 11.8 Å². The number of hydrazine groups is 1. The molecule has 0 saturated heterocycles. The standard InChI is InChI=1S/C25H26N2O4/c1-17-13-14-18(2)23(15-17)31-19(3)24(28)26-27-25(29)21-11-7-8-12-22(21)30-16-20-9-5-4-6-10-20/h4-15,19H,16H2,1-3H3,(H,26,28)(H,27,29)/t19-/m1/s1. The molecule has 0 radical (unpaired) electrons. The van der Waals surface area contributed by atoms with Crippen LogP contribution in [0.2, 0.25) is 0 Å². The van der Waals surface area contributed by atoms with Gasteiger partial charge in [0, 0.05) is 0 Å². The van der Waals surface area contributed by atoms with Crippen molar-refractivity contribution in [3.05, 3.63) is 95.1 Å². The number of aryl methyl sites for hydroxylation is 2. The number of ether oxygens (including phenoxy) is 2. The Bertz CT molecular complexity index is 1050. The van der Waals surface area contributed by atoms with Gasteiger partial charge in [-0.3, -0.25) is 20.4 Å². The Morgan fingerprint density at radius 3 is 2.35 bits per heavy atom. The van der Waals surface area contributed by atoms with E-state index in [9.17, 15) is 9.59 Å². The fourth-order valence-electron chi connectivity index (χ4n) is 2.88. The minimum absolute atomic E-state index is 0.321. The van der Waals surface area contributed by atoms with Gasteiger partial charge in [-0.15, -0.1) is 0 Å². The summed E-state index contributed by atoms with van der Waals surface area (Å²) >= 11 is 0. The molecule has 0 fully saturated rings. The van der Waals surface area contributed by atoms with Gasteiger partial charge in [0.05, 0.1) is 5.56 Å². The molecule has 160 valence electrons. The lowest BCUT2D eigenvalue weighted by molar-refractivity contribution is -0.128. The third kappa shape index (κ3) is 6.09. The number of carbonyl (C=O) groups excluding carboxylic acids is 2. The van der Waals surface area contributed by atoms with E-state index in [1.165, 1.54) is 0 Å². The van der Waals surface area contributed by atoms with Crippen LogP contribution in [0.25, 0.3) is 0 Å². The highest BCUT2D eigenvalue weighted by atomic mass is 16.5. The van der Waals surface area contributed by atoms with E-state index >= 15 is 0 Å². The number of carbonyl (C=O) groups is 2. The Kier molecular flexibility index (Phi) is 7.27. The number of nitrogens with one attached hydrogen (secondary N) is 2. The third-order valence-electron chi connectivity index (χ3n) is 4.68. The molecule has 0 unspecified atom stereocenters. The number of hydrogen-bond acceptors (Lipinski definition) is 4. The first-order valence-electron chi connectivity index (χ1n) is 10.0. The van der Waals surface area contributed by atoms with Crippen molar-refractivity contribution >= 4 is 11.8 Å². The summed E-state index contributed by atoms with van der Waals surface area (Å²) in [6.45, 7) is 5.82. The van der Waals surface area contributed by atoms with Crippen molar-refractivity contribution in [2.75, 3.05) is 0 Å². The number of para-hydroxylation sites is 1. The molecular formula is C25H26N2O4. The molecule has 3 aromatic carbocycles. The van der Waals surface area contributed by atoms with Gasteiger partial charge >= 0.3 is 0 Å². The van der Waals surface area contributed by atoms with Gasteiger partial charge in [0.15, 0.2) is 6.10 Å². The Morgan fingerprint density at radius 1 is 0.871 bits per heavy atom. The highest BCUT2D eigenvalue weighted by Gasteiger charge is 2.18. The van der Waals surface area contributed by atoms with E-state index in [2.05, 4.69) is 10.9 Å². The summed E-state index contributed by atoms with van der Waals surface area (Å²) < 4.78 is 11.6. The van der Waals surface area contributed by atoms with Gasteiger partial charge in [-0.05, 0) is 55.7 Å². The molecule has 31 heavy (non-hydrogen) atoms. The van der Waals surface area contributed by atoms with Crippen molar-refractivity contribution in [1.29, 1.82) is 0 Å². The van der Waals surface area contributed by atoms with Crippen molar-refractivity contribution in [1.82, 2.24) is 10.9 Å². The molecule has 3 rings (SSSR count). The van der Waals surface area contributed by atoms with E-state index in [-0.39, 0.29) is 0 Å². The van der Waals surface area contributed by atoms with Crippen LogP contribution in [0.4, 0.5) is 0 Å². The van der Waals surface area contributed by atoms with Gasteiger partial charge < -0.3 is 9.47 Å². The molecule has 3 aromatic rings. The van der Waals surface area contributed by atoms with Crippen molar-refractivity contribution in [2.45, 2.75) is 33.5 Å². The van der Waals surface area contributed by atoms with Gasteiger partial charge in [0.1, 0.15) is 18.1 Å². The predicted molar refractivity (Wildman–Crippen MR) is 119 cm³/mol. The molecule has 6 heteroatoms. The minimum atomic E-state index is -0.787. The summed E-state index contributed by atoms with van der Waals surface area (Å²) in [5.74, 6) is 0.124. The maximum Gasteiger partial charge on any atom is 0.279 e. The van der Waals surface area contributed by atoms with Crippen LogP contribution in [-0.4, -0.2) is 17.9 Å². The third-order valence-corrected chi connectivity index (χ3v) is 4.68. The zero-order chi connectivity index (χ0) is 22.2. The van der Waals surface area contributed by atoms with Crippen molar-refractivity contribution in [3.8, 4) is 11.5 Å². The second-order valence-electron chi connectivity index (χ2n) is 7.24. The quantitative estimate of drug-likeness (QED) is 0.566. The molecule has 2 N–H and O–H groups in total. The lowest BCUT2D eigenvalue weighted by Crippen LogP contribution is -2.47. The maximum absolute atomic E-state index is 12.6. The fraction of sp³-hybridized carbons (Fsp3) is 0.200. The fourth-order valence-corrected chi connectivity index (χ4v) is 2.88. The average molecular weight is 418 g/mol. The summed E-state index contributed by atoms with van der Waals surface area (Å²) in [7, 11) is 0. The van der Waals surface area contributed by atoms with Gasteiger partial charge in [-0.1, -0.05) is 54.6 Å². The molecule has 0 aliphatic carbocycles. The highest BCUT2D eigenvalue weighted by molar-refractivity contribution is 5.98. The molecule has 0 spiro atoms. The first kappa shape index (κ1) is 21.9. The molecule has 2 amide bonds. The molecule has 0 aliphatic rings. The van der Waals surface area contributed by atoms with Gasteiger partial charge in [0.2, 0.25) is 0 Å². The lowest BCUT2D eigenvalue weighted by atomic mass is 10.1. The van der Waals surface area contributed by atoms with Crippen LogP contribution in [0.5, 0.6) is 11.5 Å². The summed E-state index contributed by atoms with van der Waals surface area (Å²) in [4.78, 5) is 25.0. The molecule has 0 aliphatic heterocycles. The van der Waals surface area contributed by atoms with Crippen LogP contribution in [0.3, 0.4) is 0 Å². The van der Waals surface area contributed by atoms with Crippen molar-refractivity contribution in [2.24, 2.45) is 0 Å². The zero-order valence-corrected chi connectivity index (χ0v) is 17.8. The van der Waals surface area contributed by atoms with Crippen LogP contribution in [0.1, 0.15) is 34.0 Å². The summed E-state index contributed by atoms with van der Waals surface area (Å²) in [6, 6.07) is 22.3. The van der Waals surface area contributed by atoms with Gasteiger partial charge in [-0.25, -0.2) is 0 Å². The summed E-state index contributed by atoms with van der Waals surface area (Å²) in [5, 5.41) is 0. The number of rotatable bonds is 7. The Balaban J connectivity index is 1.57. The SMILES string of the molecule is Cc1ccc(C)c(O[C@H](C)C(=O)NNC(=O)c2ccccc2OCc2ccccc2)c1. The first-order valence-corrected chi connectivity index (χ1v) is 10.0. The molecule has 0 aromatic heterocycles. The smallest absolute Gasteiger partial charge is 0.279 e. The molecule has 0 bridgehead atoms. The topological polar surface area (TPSA) is 76.7 Å². The summed E-state index contributed by atoms with van der Waals surface area (Å²) in [6.07, 6.45) is -0.787. The van der Waals surface area contributed by atoms with E-state index in [4.69, 9.17) is 9.47 Å². The zero-order valence-electron chi connectivity index (χ0n) is 17.8. The normalized spacial score (nSPS) is 11.3. The number of benzene rings is 3. The minimum Gasteiger partial charge on any atom is -0.488 e. The van der Waals surface area contributed by atoms with E-state index in [1.807, 2.05) is 62.4 Å². The first-order chi connectivity index (χ1) is 14.9. The lowest BCUT2D eigenvalue weighted by Gasteiger charge is -2.17. The van der Waals surface area contributed by atoms with Gasteiger partial charge in [-0.2, -0.15) is 0 Å². The molecular weight excluding hydrogens is 392 g/mol. The summed E-state index contributed by atoms with van der Waals surface area (Å²) in [5.41, 5.74) is 8.12. The Labute approximate surface area is 182 Å². The van der Waals surface area contributed by atoms with E-state index in [0.717, 1.165) is 16.7 Å². The number of hydrogen-bond donors (Lipinski definition) is 2. The van der Waals surface area contributed by atoms with E-state index in [0.29, 0.717) is 23.7 Å². The highest BCUT2D eigenvalue weighted by Crippen LogP contribution is 2.21. The van der Waals surface area contributed by atoms with Crippen LogP contribution in [0.15, 0.2) is 72.8 Å². The van der Waals surface area contributed by atoms with Crippen LogP contribution < -0.4 is 20.3 Å². The molecule has 0 heterocycles. The predicted octanol–water partition coefficient (Wildman–Crippen LogP) is 4.11. The molecule has 0 saturated carbocycles. The largest absolute Gasteiger partial charge is 0.488 e. The second-order valence-corrected chi connectivity index (χ2v) is 7.24. The Morgan fingerprint density at radius 2 is 1.58 bits per heavy atom. The van der Waals surface area contributed by atoms with Crippen molar-refractivity contribution in [3.63, 3.8) is 0 Å². The van der Waals surface area contributed by atoms with E-state index in [1.54, 1.807) is 31.2 Å². The number of amides is 2. The second kappa shape index (κ2) is 10.3. The van der Waals surface area contributed by atoms with E-state index < -0.39 is 17.9 Å². The Hall–Kier alpha value is -3.80. The van der Waals surface area contributed by atoms with Crippen molar-refractivity contribution < 1.29 is 19.1 Å².